The van der Waals surface area contributed by atoms with Gasteiger partial charge in [-0.2, -0.15) is 0 Å². The van der Waals surface area contributed by atoms with Crippen LogP contribution in [0.25, 0.3) is 0 Å². The molecule has 1 aromatic heterocycles. The molecule has 25 heavy (non-hydrogen) atoms. The maximum absolute atomic E-state index is 12.4. The number of carbonyl (C=O) groups excluding carboxylic acids is 2. The molecule has 0 unspecified atom stereocenters. The second-order valence-corrected chi connectivity index (χ2v) is 7.78. The second kappa shape index (κ2) is 7.00. The average Bonchev–Trinajstić information content (AvgIpc) is 3.28. The third-order valence-corrected chi connectivity index (χ3v) is 6.17. The predicted molar refractivity (Wildman–Crippen MR) is 98.9 cm³/mol. The van der Waals surface area contributed by atoms with Crippen LogP contribution in [0.5, 0.6) is 0 Å². The van der Waals surface area contributed by atoms with Gasteiger partial charge in [-0.05, 0) is 66.0 Å². The summed E-state index contributed by atoms with van der Waals surface area (Å²) in [5, 5.41) is 4.98. The van der Waals surface area contributed by atoms with Crippen molar-refractivity contribution in [1.82, 2.24) is 10.2 Å². The van der Waals surface area contributed by atoms with Crippen molar-refractivity contribution in [2.75, 3.05) is 13.1 Å². The van der Waals surface area contributed by atoms with Gasteiger partial charge in [-0.3, -0.25) is 9.59 Å². The van der Waals surface area contributed by atoms with E-state index >= 15 is 0 Å². The van der Waals surface area contributed by atoms with Gasteiger partial charge in [0.25, 0.3) is 5.91 Å². The minimum absolute atomic E-state index is 0.0822. The number of thiophene rings is 1. The molecule has 2 aliphatic rings. The summed E-state index contributed by atoms with van der Waals surface area (Å²) >= 11 is 1.77. The van der Waals surface area contributed by atoms with Crippen LogP contribution in [0.4, 0.5) is 0 Å². The van der Waals surface area contributed by atoms with Crippen LogP contribution in [0.3, 0.4) is 0 Å². The molecule has 1 aliphatic heterocycles. The van der Waals surface area contributed by atoms with Crippen LogP contribution in [0.1, 0.15) is 44.8 Å². The van der Waals surface area contributed by atoms with Crippen LogP contribution in [0.15, 0.2) is 29.6 Å². The molecule has 2 amide bonds. The third kappa shape index (κ3) is 3.47. The second-order valence-electron chi connectivity index (χ2n) is 6.78. The minimum Gasteiger partial charge on any atom is -0.352 e. The van der Waals surface area contributed by atoms with Crippen molar-refractivity contribution in [3.63, 3.8) is 0 Å². The summed E-state index contributed by atoms with van der Waals surface area (Å²) in [6, 6.07) is 8.07. The smallest absolute Gasteiger partial charge is 0.251 e. The number of hydrogen-bond acceptors (Lipinski definition) is 3. The molecule has 4 rings (SSSR count). The van der Waals surface area contributed by atoms with Crippen molar-refractivity contribution in [3.05, 3.63) is 56.8 Å². The predicted octanol–water partition coefficient (Wildman–Crippen LogP) is 2.94. The molecule has 1 aromatic carbocycles. The minimum atomic E-state index is -0.0822. The molecule has 0 bridgehead atoms. The average molecular weight is 354 g/mol. The highest BCUT2D eigenvalue weighted by Gasteiger charge is 2.21. The van der Waals surface area contributed by atoms with Crippen molar-refractivity contribution in [2.45, 2.75) is 38.6 Å². The molecule has 4 nitrogen and oxygen atoms in total. The van der Waals surface area contributed by atoms with Crippen molar-refractivity contribution in [2.24, 2.45) is 0 Å². The number of aryl methyl sites for hydroxylation is 2. The van der Waals surface area contributed by atoms with Gasteiger partial charge in [0.15, 0.2) is 0 Å². The van der Waals surface area contributed by atoms with E-state index in [9.17, 15) is 9.59 Å². The number of amides is 2. The molecular weight excluding hydrogens is 332 g/mol. The lowest BCUT2D eigenvalue weighted by atomic mass is 10.1. The lowest BCUT2D eigenvalue weighted by molar-refractivity contribution is -0.131. The molecular formula is C20H22N2O2S. The van der Waals surface area contributed by atoms with E-state index in [1.165, 1.54) is 28.0 Å². The van der Waals surface area contributed by atoms with Gasteiger partial charge in [-0.1, -0.05) is 6.07 Å². The van der Waals surface area contributed by atoms with Gasteiger partial charge in [0.1, 0.15) is 0 Å². The van der Waals surface area contributed by atoms with Gasteiger partial charge < -0.3 is 10.2 Å². The van der Waals surface area contributed by atoms with E-state index < -0.39 is 0 Å². The van der Waals surface area contributed by atoms with Gasteiger partial charge in [-0.25, -0.2) is 0 Å². The number of fused-ring (bicyclic) bond motifs is 2. The number of nitrogens with one attached hydrogen (secondary N) is 1. The lowest BCUT2D eigenvalue weighted by Crippen LogP contribution is -2.37. The Morgan fingerprint density at radius 3 is 2.88 bits per heavy atom. The number of carbonyl (C=O) groups is 2. The molecule has 1 N–H and O–H groups in total. The number of nitrogens with zero attached hydrogens (tertiary/aromatic N) is 1. The third-order valence-electron chi connectivity index (χ3n) is 5.15. The topological polar surface area (TPSA) is 49.4 Å². The summed E-state index contributed by atoms with van der Waals surface area (Å²) in [7, 11) is 0. The maximum Gasteiger partial charge on any atom is 0.251 e. The Morgan fingerprint density at radius 1 is 1.08 bits per heavy atom. The molecule has 0 saturated heterocycles. The van der Waals surface area contributed by atoms with Crippen molar-refractivity contribution >= 4 is 23.2 Å². The fraction of sp³-hybridized carbons (Fsp3) is 0.400. The van der Waals surface area contributed by atoms with E-state index in [1.54, 1.807) is 11.3 Å². The molecule has 2 aromatic rings. The first-order valence-electron chi connectivity index (χ1n) is 8.94. The Labute approximate surface area is 151 Å². The SMILES string of the molecule is O=C(NCCC(=O)N1CCc2sccc2C1)c1ccc2c(c1)CCC2. The number of hydrogen-bond donors (Lipinski definition) is 1. The molecule has 0 radical (unpaired) electrons. The lowest BCUT2D eigenvalue weighted by Gasteiger charge is -2.27. The van der Waals surface area contributed by atoms with Crippen LogP contribution in [-0.4, -0.2) is 29.8 Å². The van der Waals surface area contributed by atoms with E-state index in [2.05, 4.69) is 22.8 Å². The van der Waals surface area contributed by atoms with Gasteiger partial charge in [-0.15, -0.1) is 11.3 Å². The van der Waals surface area contributed by atoms with Crippen molar-refractivity contribution < 1.29 is 9.59 Å². The molecule has 2 heterocycles. The van der Waals surface area contributed by atoms with E-state index in [-0.39, 0.29) is 11.8 Å². The normalized spacial score (nSPS) is 15.6. The van der Waals surface area contributed by atoms with Crippen LogP contribution >= 0.6 is 11.3 Å². The van der Waals surface area contributed by atoms with E-state index in [0.717, 1.165) is 25.8 Å². The number of benzene rings is 1. The van der Waals surface area contributed by atoms with Gasteiger partial charge in [0, 0.05) is 36.5 Å². The Morgan fingerprint density at radius 2 is 1.96 bits per heavy atom. The Kier molecular flexibility index (Phi) is 4.57. The highest BCUT2D eigenvalue weighted by atomic mass is 32.1. The molecule has 130 valence electrons. The highest BCUT2D eigenvalue weighted by Crippen LogP contribution is 2.24. The van der Waals surface area contributed by atoms with Gasteiger partial charge in [0.2, 0.25) is 5.91 Å². The standard InChI is InChI=1S/C20H22N2O2S/c23-19(22-10-7-18-17(13-22)8-11-25-18)6-9-21-20(24)16-5-4-14-2-1-3-15(14)12-16/h4-5,8,11-12H,1-3,6-7,9-10,13H2,(H,21,24). The van der Waals surface area contributed by atoms with Gasteiger partial charge in [0.05, 0.1) is 0 Å². The molecule has 0 fully saturated rings. The first kappa shape index (κ1) is 16.3. The zero-order valence-corrected chi connectivity index (χ0v) is 15.0. The molecule has 5 heteroatoms. The van der Waals surface area contributed by atoms with E-state index in [1.807, 2.05) is 17.0 Å². The Hall–Kier alpha value is -2.14. The Bertz CT molecular complexity index is 812. The zero-order valence-electron chi connectivity index (χ0n) is 14.2. The van der Waals surface area contributed by atoms with Crippen LogP contribution in [0.2, 0.25) is 0 Å². The summed E-state index contributed by atoms with van der Waals surface area (Å²) in [5.74, 6) is 0.0346. The van der Waals surface area contributed by atoms with E-state index in [0.29, 0.717) is 25.1 Å². The Balaban J connectivity index is 1.27. The first-order chi connectivity index (χ1) is 12.2. The molecule has 0 spiro atoms. The van der Waals surface area contributed by atoms with Crippen LogP contribution in [-0.2, 0) is 30.6 Å². The van der Waals surface area contributed by atoms with Gasteiger partial charge >= 0.3 is 0 Å². The summed E-state index contributed by atoms with van der Waals surface area (Å²) in [5.41, 5.74) is 4.63. The van der Waals surface area contributed by atoms with Crippen LogP contribution in [0, 0.1) is 0 Å². The maximum atomic E-state index is 12.4. The largest absolute Gasteiger partial charge is 0.352 e. The fourth-order valence-electron chi connectivity index (χ4n) is 3.72. The van der Waals surface area contributed by atoms with Crippen molar-refractivity contribution in [3.8, 4) is 0 Å². The summed E-state index contributed by atoms with van der Waals surface area (Å²) in [6.07, 6.45) is 4.66. The number of rotatable bonds is 4. The summed E-state index contributed by atoms with van der Waals surface area (Å²) < 4.78 is 0. The summed E-state index contributed by atoms with van der Waals surface area (Å²) in [6.45, 7) is 1.88. The first-order valence-corrected chi connectivity index (χ1v) is 9.82. The zero-order chi connectivity index (χ0) is 17.2. The molecule has 0 atom stereocenters. The monoisotopic (exact) mass is 354 g/mol. The van der Waals surface area contributed by atoms with E-state index in [4.69, 9.17) is 0 Å². The summed E-state index contributed by atoms with van der Waals surface area (Å²) in [4.78, 5) is 28.0. The molecule has 1 aliphatic carbocycles. The van der Waals surface area contributed by atoms with Crippen molar-refractivity contribution in [1.29, 1.82) is 0 Å². The quantitative estimate of drug-likeness (QED) is 0.918. The fourth-order valence-corrected chi connectivity index (χ4v) is 4.61. The molecule has 0 saturated carbocycles. The van der Waals surface area contributed by atoms with Crippen LogP contribution < -0.4 is 5.32 Å². The highest BCUT2D eigenvalue weighted by molar-refractivity contribution is 7.10.